The van der Waals surface area contributed by atoms with Crippen LogP contribution in [0.3, 0.4) is 0 Å². The van der Waals surface area contributed by atoms with Crippen LogP contribution in [0.4, 0.5) is 0 Å². The third-order valence-electron chi connectivity index (χ3n) is 9.91. The summed E-state index contributed by atoms with van der Waals surface area (Å²) >= 11 is 0. The van der Waals surface area contributed by atoms with Gasteiger partial charge in [-0.2, -0.15) is 10.5 Å². The monoisotopic (exact) mass is 690 g/mol. The molecule has 10 rings (SSSR count). The van der Waals surface area contributed by atoms with Gasteiger partial charge < -0.3 is 8.98 Å². The second kappa shape index (κ2) is 12.4. The first-order chi connectivity index (χ1) is 26.6. The molecule has 0 radical (unpaired) electrons. The lowest BCUT2D eigenvalue weighted by Gasteiger charge is -2.16. The Morgan fingerprint density at radius 2 is 0.963 bits per heavy atom. The molecule has 0 unspecified atom stereocenters. The molecule has 3 aromatic heterocycles. The number of hydrogen-bond donors (Lipinski definition) is 0. The number of nitrogens with zero attached hydrogens (tertiary/aromatic N) is 6. The maximum Gasteiger partial charge on any atom is 0.166 e. The van der Waals surface area contributed by atoms with E-state index in [0.29, 0.717) is 28.6 Å². The largest absolute Gasteiger partial charge is 0.456 e. The highest BCUT2D eigenvalue weighted by molar-refractivity contribution is 6.11. The molecule has 3 heterocycles. The average Bonchev–Trinajstić information content (AvgIpc) is 3.78. The Labute approximate surface area is 309 Å². The fourth-order valence-electron chi connectivity index (χ4n) is 7.35. The first-order valence-electron chi connectivity index (χ1n) is 17.5. The first-order valence-corrected chi connectivity index (χ1v) is 17.5. The number of fused-ring (bicyclic) bond motifs is 6. The molecule has 7 heteroatoms. The zero-order chi connectivity index (χ0) is 36.2. The van der Waals surface area contributed by atoms with E-state index in [2.05, 4.69) is 53.1 Å². The Balaban J connectivity index is 1.28. The zero-order valence-corrected chi connectivity index (χ0v) is 28.6. The second-order valence-corrected chi connectivity index (χ2v) is 13.1. The minimum Gasteiger partial charge on any atom is -0.456 e. The van der Waals surface area contributed by atoms with E-state index in [9.17, 15) is 10.5 Å². The van der Waals surface area contributed by atoms with E-state index in [1.54, 1.807) is 0 Å². The molecule has 0 fully saturated rings. The van der Waals surface area contributed by atoms with Crippen molar-refractivity contribution < 1.29 is 4.42 Å². The predicted molar refractivity (Wildman–Crippen MR) is 213 cm³/mol. The van der Waals surface area contributed by atoms with Crippen LogP contribution in [0.15, 0.2) is 162 Å². The van der Waals surface area contributed by atoms with Gasteiger partial charge in [0.15, 0.2) is 17.5 Å². The van der Waals surface area contributed by atoms with Crippen molar-refractivity contribution in [1.29, 1.82) is 10.5 Å². The van der Waals surface area contributed by atoms with Gasteiger partial charge in [-0.3, -0.25) is 0 Å². The quantitative estimate of drug-likeness (QED) is 0.178. The van der Waals surface area contributed by atoms with Gasteiger partial charge in [-0.25, -0.2) is 15.0 Å². The SMILES string of the molecule is N#Cc1ccc2c(c1)c1cc(C#N)ccc1n2-c1ccc(-c2ccc3oc4ccccc4c3c2)cc1-c1nc(-c2ccccc2)nc(-c2ccccc2)n1. The summed E-state index contributed by atoms with van der Waals surface area (Å²) in [6, 6.07) is 56.5. The molecule has 54 heavy (non-hydrogen) atoms. The Kier molecular flexibility index (Phi) is 7.11. The molecule has 0 aliphatic rings. The molecule has 0 aliphatic heterocycles. The molecule has 0 saturated heterocycles. The fraction of sp³-hybridized carbons (Fsp3) is 0. The molecule has 0 saturated carbocycles. The molecule has 0 amide bonds. The van der Waals surface area contributed by atoms with E-state index < -0.39 is 0 Å². The number of benzene rings is 7. The second-order valence-electron chi connectivity index (χ2n) is 13.1. The summed E-state index contributed by atoms with van der Waals surface area (Å²) in [5.74, 6) is 1.62. The smallest absolute Gasteiger partial charge is 0.166 e. The van der Waals surface area contributed by atoms with Crippen molar-refractivity contribution in [3.05, 3.63) is 169 Å². The van der Waals surface area contributed by atoms with Crippen LogP contribution in [-0.4, -0.2) is 19.5 Å². The molecule has 10 aromatic rings. The number of hydrogen-bond acceptors (Lipinski definition) is 6. The van der Waals surface area contributed by atoms with Gasteiger partial charge in [-0.1, -0.05) is 91.0 Å². The summed E-state index contributed by atoms with van der Waals surface area (Å²) in [4.78, 5) is 15.3. The maximum absolute atomic E-state index is 9.84. The number of furan rings is 1. The molecule has 0 aliphatic carbocycles. The number of rotatable bonds is 5. The van der Waals surface area contributed by atoms with Gasteiger partial charge in [0, 0.05) is 38.2 Å². The normalized spacial score (nSPS) is 11.3. The van der Waals surface area contributed by atoms with E-state index in [1.165, 1.54) is 0 Å². The summed E-state index contributed by atoms with van der Waals surface area (Å²) in [5.41, 5.74) is 9.90. The van der Waals surface area contributed by atoms with Crippen molar-refractivity contribution in [1.82, 2.24) is 19.5 Å². The first kappa shape index (κ1) is 30.9. The molecular formula is C47H26N6O. The van der Waals surface area contributed by atoms with Crippen molar-refractivity contribution in [2.24, 2.45) is 0 Å². The fourth-order valence-corrected chi connectivity index (χ4v) is 7.35. The van der Waals surface area contributed by atoms with Gasteiger partial charge in [0.05, 0.1) is 40.0 Å². The molecule has 250 valence electrons. The van der Waals surface area contributed by atoms with Crippen molar-refractivity contribution in [2.45, 2.75) is 0 Å². The van der Waals surface area contributed by atoms with Crippen LogP contribution < -0.4 is 0 Å². The van der Waals surface area contributed by atoms with Gasteiger partial charge >= 0.3 is 0 Å². The molecule has 7 nitrogen and oxygen atoms in total. The summed E-state index contributed by atoms with van der Waals surface area (Å²) in [6.07, 6.45) is 0. The van der Waals surface area contributed by atoms with E-state index in [4.69, 9.17) is 19.4 Å². The van der Waals surface area contributed by atoms with Gasteiger partial charge in [0.2, 0.25) is 0 Å². The standard InChI is InChI=1S/C47H26N6O/c48-27-29-15-19-40-36(23-29)37-24-30(28-49)16-20-41(37)53(40)42-21-17-33(34-18-22-44-38(25-34)35-13-7-8-14-43(35)54-44)26-39(42)47-51-45(31-9-3-1-4-10-31)50-46(52-47)32-11-5-2-6-12-32/h1-26H. The molecular weight excluding hydrogens is 665 g/mol. The van der Waals surface area contributed by atoms with Crippen LogP contribution in [0.2, 0.25) is 0 Å². The third-order valence-corrected chi connectivity index (χ3v) is 9.91. The summed E-state index contributed by atoms with van der Waals surface area (Å²) in [7, 11) is 0. The zero-order valence-electron chi connectivity index (χ0n) is 28.6. The predicted octanol–water partition coefficient (Wildman–Crippen LogP) is 11.3. The number of aromatic nitrogens is 4. The summed E-state index contributed by atoms with van der Waals surface area (Å²) in [5, 5.41) is 23.5. The lowest BCUT2D eigenvalue weighted by Crippen LogP contribution is -2.04. The van der Waals surface area contributed by atoms with Crippen molar-refractivity contribution in [3.63, 3.8) is 0 Å². The highest BCUT2D eigenvalue weighted by atomic mass is 16.3. The topological polar surface area (TPSA) is 104 Å². The van der Waals surface area contributed by atoms with Crippen LogP contribution >= 0.6 is 0 Å². The summed E-state index contributed by atoms with van der Waals surface area (Å²) < 4.78 is 8.33. The van der Waals surface area contributed by atoms with E-state index in [-0.39, 0.29) is 0 Å². The van der Waals surface area contributed by atoms with E-state index in [1.807, 2.05) is 121 Å². The van der Waals surface area contributed by atoms with E-state index >= 15 is 0 Å². The maximum atomic E-state index is 9.84. The molecule has 0 atom stereocenters. The Hall–Kier alpha value is -7.87. The number of para-hydroxylation sites is 1. The van der Waals surface area contributed by atoms with Crippen LogP contribution in [0.5, 0.6) is 0 Å². The minimum atomic E-state index is 0.506. The van der Waals surface area contributed by atoms with Crippen molar-refractivity contribution >= 4 is 43.7 Å². The molecule has 0 bridgehead atoms. The lowest BCUT2D eigenvalue weighted by atomic mass is 9.99. The van der Waals surface area contributed by atoms with Crippen LogP contribution in [-0.2, 0) is 0 Å². The van der Waals surface area contributed by atoms with Crippen LogP contribution in [0.1, 0.15) is 11.1 Å². The number of nitriles is 2. The highest BCUT2D eigenvalue weighted by Gasteiger charge is 2.21. The summed E-state index contributed by atoms with van der Waals surface area (Å²) in [6.45, 7) is 0. The van der Waals surface area contributed by atoms with Gasteiger partial charge in [-0.05, 0) is 77.9 Å². The Bertz CT molecular complexity index is 3060. The van der Waals surface area contributed by atoms with Gasteiger partial charge in [0.25, 0.3) is 0 Å². The Morgan fingerprint density at radius 3 is 1.59 bits per heavy atom. The van der Waals surface area contributed by atoms with E-state index in [0.717, 1.165) is 77.2 Å². The lowest BCUT2D eigenvalue weighted by molar-refractivity contribution is 0.669. The highest BCUT2D eigenvalue weighted by Crippen LogP contribution is 2.40. The molecule has 0 N–H and O–H groups in total. The van der Waals surface area contributed by atoms with Gasteiger partial charge in [-0.15, -0.1) is 0 Å². The van der Waals surface area contributed by atoms with Crippen LogP contribution in [0.25, 0.3) is 94.7 Å². The molecule has 7 aromatic carbocycles. The van der Waals surface area contributed by atoms with Crippen molar-refractivity contribution in [2.75, 3.05) is 0 Å². The van der Waals surface area contributed by atoms with Crippen molar-refractivity contribution in [3.8, 4) is 63.1 Å². The average molecular weight is 691 g/mol. The third kappa shape index (κ3) is 5.08. The minimum absolute atomic E-state index is 0.506. The molecule has 0 spiro atoms. The Morgan fingerprint density at radius 1 is 0.426 bits per heavy atom. The van der Waals surface area contributed by atoms with Crippen LogP contribution in [0, 0.1) is 22.7 Å². The van der Waals surface area contributed by atoms with Gasteiger partial charge in [0.1, 0.15) is 11.2 Å².